The molecule has 0 saturated heterocycles. The lowest BCUT2D eigenvalue weighted by Gasteiger charge is -2.35. The average molecular weight is 283 g/mol. The van der Waals surface area contributed by atoms with Crippen LogP contribution in [0.5, 0.6) is 0 Å². The van der Waals surface area contributed by atoms with Crippen molar-refractivity contribution in [1.29, 1.82) is 0 Å². The third-order valence-corrected chi connectivity index (χ3v) is 3.76. The van der Waals surface area contributed by atoms with Gasteiger partial charge in [-0.3, -0.25) is 0 Å². The summed E-state index contributed by atoms with van der Waals surface area (Å²) in [4.78, 5) is 2.48. The molecule has 108 valence electrons. The third kappa shape index (κ3) is 4.39. The lowest BCUT2D eigenvalue weighted by atomic mass is 10.0. The Hall–Kier alpha value is -0.730. The van der Waals surface area contributed by atoms with Crippen molar-refractivity contribution in [1.82, 2.24) is 0 Å². The topological polar surface area (TPSA) is 29.3 Å². The van der Waals surface area contributed by atoms with Crippen LogP contribution >= 0.6 is 11.6 Å². The normalized spacial score (nSPS) is 11.4. The number of hydrogen-bond donors (Lipinski definition) is 1. The highest BCUT2D eigenvalue weighted by Gasteiger charge is 2.19. The van der Waals surface area contributed by atoms with Gasteiger partial charge in [0.2, 0.25) is 0 Å². The molecule has 1 aromatic rings. The van der Waals surface area contributed by atoms with Crippen LogP contribution in [0.1, 0.15) is 46.1 Å². The first-order chi connectivity index (χ1) is 9.03. The summed E-state index contributed by atoms with van der Waals surface area (Å²) < 4.78 is 0. The lowest BCUT2D eigenvalue weighted by molar-refractivity contribution is 0.506. The molecule has 19 heavy (non-hydrogen) atoms. The maximum absolute atomic E-state index is 6.18. The number of nitrogens with zero attached hydrogens (tertiary/aromatic N) is 1. The van der Waals surface area contributed by atoms with Crippen molar-refractivity contribution >= 4 is 17.3 Å². The molecule has 0 heterocycles. The van der Waals surface area contributed by atoms with Crippen LogP contribution in [0.3, 0.4) is 0 Å². The van der Waals surface area contributed by atoms with Gasteiger partial charge in [-0.15, -0.1) is 0 Å². The Kier molecular flexibility index (Phi) is 6.67. The molecule has 3 heteroatoms. The molecule has 1 rings (SSSR count). The van der Waals surface area contributed by atoms with Crippen LogP contribution in [0, 0.1) is 5.92 Å². The molecule has 0 bridgehead atoms. The van der Waals surface area contributed by atoms with E-state index < -0.39 is 0 Å². The molecule has 2 nitrogen and oxygen atoms in total. The van der Waals surface area contributed by atoms with E-state index in [9.17, 15) is 0 Å². The monoisotopic (exact) mass is 282 g/mol. The zero-order chi connectivity index (χ0) is 14.4. The molecule has 0 amide bonds. The molecule has 0 aliphatic carbocycles. The second-order valence-electron chi connectivity index (χ2n) is 5.49. The van der Waals surface area contributed by atoms with Crippen molar-refractivity contribution in [2.24, 2.45) is 11.7 Å². The largest absolute Gasteiger partial charge is 0.368 e. The van der Waals surface area contributed by atoms with Gasteiger partial charge in [-0.25, -0.2) is 0 Å². The van der Waals surface area contributed by atoms with Gasteiger partial charge in [0.15, 0.2) is 0 Å². The molecule has 0 spiro atoms. The van der Waals surface area contributed by atoms with Crippen molar-refractivity contribution < 1.29 is 0 Å². The zero-order valence-electron chi connectivity index (χ0n) is 12.6. The van der Waals surface area contributed by atoms with E-state index in [1.165, 1.54) is 11.3 Å². The minimum Gasteiger partial charge on any atom is -0.368 e. The Morgan fingerprint density at radius 2 is 1.84 bits per heavy atom. The van der Waals surface area contributed by atoms with Gasteiger partial charge >= 0.3 is 0 Å². The number of halogens is 1. The Bertz CT molecular complexity index is 386. The van der Waals surface area contributed by atoms with Gasteiger partial charge in [0.05, 0.1) is 0 Å². The van der Waals surface area contributed by atoms with Crippen LogP contribution in [0.2, 0.25) is 5.02 Å². The Morgan fingerprint density at radius 3 is 2.32 bits per heavy atom. The van der Waals surface area contributed by atoms with Gasteiger partial charge < -0.3 is 10.6 Å². The van der Waals surface area contributed by atoms with Crippen molar-refractivity contribution in [3.63, 3.8) is 0 Å². The highest BCUT2D eigenvalue weighted by atomic mass is 35.5. The van der Waals surface area contributed by atoms with Crippen molar-refractivity contribution in [3.8, 4) is 0 Å². The van der Waals surface area contributed by atoms with Gasteiger partial charge in [0.1, 0.15) is 0 Å². The van der Waals surface area contributed by atoms with Crippen LogP contribution in [0.25, 0.3) is 0 Å². The van der Waals surface area contributed by atoms with E-state index >= 15 is 0 Å². The first kappa shape index (κ1) is 16.3. The number of anilines is 1. The van der Waals surface area contributed by atoms with Gasteiger partial charge in [-0.2, -0.15) is 0 Å². The Balaban J connectivity index is 3.18. The summed E-state index contributed by atoms with van der Waals surface area (Å²) >= 11 is 6.18. The average Bonchev–Trinajstić information content (AvgIpc) is 2.38. The maximum atomic E-state index is 6.18. The SMILES string of the molecule is CCC(CC)N(CC(C)C)c1cc(Cl)ccc1CN. The molecule has 0 fully saturated rings. The number of nitrogens with two attached hydrogens (primary N) is 1. The summed E-state index contributed by atoms with van der Waals surface area (Å²) in [6.45, 7) is 10.6. The molecule has 0 radical (unpaired) electrons. The summed E-state index contributed by atoms with van der Waals surface area (Å²) in [5.74, 6) is 0.616. The molecule has 0 aliphatic heterocycles. The third-order valence-electron chi connectivity index (χ3n) is 3.52. The van der Waals surface area contributed by atoms with E-state index in [1.807, 2.05) is 12.1 Å². The van der Waals surface area contributed by atoms with Gasteiger partial charge in [0, 0.05) is 29.8 Å². The van der Waals surface area contributed by atoms with Crippen LogP contribution in [-0.2, 0) is 6.54 Å². The second kappa shape index (κ2) is 7.76. The fourth-order valence-corrected chi connectivity index (χ4v) is 2.71. The summed E-state index contributed by atoms with van der Waals surface area (Å²) in [5.41, 5.74) is 8.27. The molecule has 0 saturated carbocycles. The Labute approximate surface area is 122 Å². The first-order valence-electron chi connectivity index (χ1n) is 7.28. The highest BCUT2D eigenvalue weighted by Crippen LogP contribution is 2.29. The molecule has 0 aromatic heterocycles. The minimum atomic E-state index is 0.547. The van der Waals surface area contributed by atoms with E-state index in [0.717, 1.165) is 24.4 Å². The van der Waals surface area contributed by atoms with Crippen molar-refractivity contribution in [2.75, 3.05) is 11.4 Å². The van der Waals surface area contributed by atoms with E-state index in [1.54, 1.807) is 0 Å². The van der Waals surface area contributed by atoms with Gasteiger partial charge in [-0.1, -0.05) is 45.4 Å². The zero-order valence-corrected chi connectivity index (χ0v) is 13.4. The summed E-state index contributed by atoms with van der Waals surface area (Å²) in [7, 11) is 0. The molecule has 1 aromatic carbocycles. The fourth-order valence-electron chi connectivity index (χ4n) is 2.54. The quantitative estimate of drug-likeness (QED) is 0.800. The second-order valence-corrected chi connectivity index (χ2v) is 5.93. The predicted octanol–water partition coefficient (Wildman–Crippen LogP) is 4.45. The summed E-state index contributed by atoms with van der Waals surface area (Å²) in [6, 6.07) is 6.58. The molecule has 0 atom stereocenters. The Morgan fingerprint density at radius 1 is 1.21 bits per heavy atom. The van der Waals surface area contributed by atoms with Gasteiger partial charge in [-0.05, 0) is 36.5 Å². The van der Waals surface area contributed by atoms with Crippen LogP contribution < -0.4 is 10.6 Å². The number of hydrogen-bond acceptors (Lipinski definition) is 2. The van der Waals surface area contributed by atoms with E-state index in [-0.39, 0.29) is 0 Å². The van der Waals surface area contributed by atoms with Crippen LogP contribution in [0.4, 0.5) is 5.69 Å². The summed E-state index contributed by atoms with van der Waals surface area (Å²) in [5, 5.41) is 0.784. The first-order valence-corrected chi connectivity index (χ1v) is 7.66. The van der Waals surface area contributed by atoms with E-state index in [0.29, 0.717) is 18.5 Å². The van der Waals surface area contributed by atoms with E-state index in [2.05, 4.69) is 38.7 Å². The molecule has 0 unspecified atom stereocenters. The van der Waals surface area contributed by atoms with E-state index in [4.69, 9.17) is 17.3 Å². The number of benzene rings is 1. The lowest BCUT2D eigenvalue weighted by Crippen LogP contribution is -2.38. The molecular weight excluding hydrogens is 256 g/mol. The van der Waals surface area contributed by atoms with Crippen LogP contribution in [-0.4, -0.2) is 12.6 Å². The van der Waals surface area contributed by atoms with Crippen LogP contribution in [0.15, 0.2) is 18.2 Å². The predicted molar refractivity (Wildman–Crippen MR) is 85.9 cm³/mol. The molecule has 0 aliphatic rings. The number of rotatable bonds is 7. The smallest absolute Gasteiger partial charge is 0.0429 e. The minimum absolute atomic E-state index is 0.547. The summed E-state index contributed by atoms with van der Waals surface area (Å²) in [6.07, 6.45) is 2.28. The molecular formula is C16H27ClN2. The fraction of sp³-hybridized carbons (Fsp3) is 0.625. The highest BCUT2D eigenvalue weighted by molar-refractivity contribution is 6.30. The van der Waals surface area contributed by atoms with Crippen molar-refractivity contribution in [2.45, 2.75) is 53.1 Å². The molecule has 2 N–H and O–H groups in total. The maximum Gasteiger partial charge on any atom is 0.0429 e. The standard InChI is InChI=1S/C16H27ClN2/c1-5-15(6-2)19(11-12(3)4)16-9-14(17)8-7-13(16)10-18/h7-9,12,15H,5-6,10-11,18H2,1-4H3. The van der Waals surface area contributed by atoms with Crippen molar-refractivity contribution in [3.05, 3.63) is 28.8 Å². The van der Waals surface area contributed by atoms with Gasteiger partial charge in [0.25, 0.3) is 0 Å².